The molecule has 1 heterocycles. The first kappa shape index (κ1) is 12.4. The first-order valence-corrected chi connectivity index (χ1v) is 5.56. The molecular formula is C9H12ClNO3S. The Kier molecular flexibility index (Phi) is 4.53. The fraction of sp³-hybridized carbons (Fsp3) is 0.444. The average Bonchev–Trinajstić information content (AvgIpc) is 2.44. The van der Waals surface area contributed by atoms with Crippen LogP contribution in [0.25, 0.3) is 0 Å². The van der Waals surface area contributed by atoms with Gasteiger partial charge in [0.05, 0.1) is 11.7 Å². The fourth-order valence-corrected chi connectivity index (χ4v) is 2.15. The molecule has 15 heavy (non-hydrogen) atoms. The van der Waals surface area contributed by atoms with Crippen LogP contribution in [0.2, 0.25) is 4.34 Å². The predicted octanol–water partition coefficient (Wildman–Crippen LogP) is 1.75. The van der Waals surface area contributed by atoms with Crippen molar-refractivity contribution < 1.29 is 14.7 Å². The molecule has 4 nitrogen and oxygen atoms in total. The Bertz CT molecular complexity index is 351. The van der Waals surface area contributed by atoms with Crippen molar-refractivity contribution >= 4 is 28.8 Å². The van der Waals surface area contributed by atoms with Crippen molar-refractivity contribution in [2.24, 2.45) is 0 Å². The molecule has 1 amide bonds. The Labute approximate surface area is 96.8 Å². The predicted molar refractivity (Wildman–Crippen MR) is 59.2 cm³/mol. The number of halogens is 1. The lowest BCUT2D eigenvalue weighted by Crippen LogP contribution is -2.27. The second-order valence-electron chi connectivity index (χ2n) is 3.14. The summed E-state index contributed by atoms with van der Waals surface area (Å²) in [5, 5.41) is 8.89. The molecule has 0 spiro atoms. The molecule has 0 aliphatic carbocycles. The minimum atomic E-state index is -0.620. The summed E-state index contributed by atoms with van der Waals surface area (Å²) >= 11 is 7.17. The molecule has 1 atom stereocenters. The van der Waals surface area contributed by atoms with Crippen molar-refractivity contribution in [1.29, 1.82) is 0 Å². The van der Waals surface area contributed by atoms with Gasteiger partial charge in [0.15, 0.2) is 0 Å². The van der Waals surface area contributed by atoms with Gasteiger partial charge in [-0.1, -0.05) is 11.6 Å². The van der Waals surface area contributed by atoms with Crippen molar-refractivity contribution in [3.63, 3.8) is 0 Å². The molecule has 0 saturated carbocycles. The zero-order valence-electron chi connectivity index (χ0n) is 8.41. The van der Waals surface area contributed by atoms with Gasteiger partial charge in [0.1, 0.15) is 10.9 Å². The number of aryl methyl sites for hydroxylation is 1. The number of nitrogens with one attached hydrogen (secondary N) is 1. The normalized spacial score (nSPS) is 12.5. The monoisotopic (exact) mass is 249 g/mol. The van der Waals surface area contributed by atoms with Crippen molar-refractivity contribution in [3.05, 3.63) is 20.8 Å². The van der Waals surface area contributed by atoms with E-state index < -0.39 is 12.0 Å². The van der Waals surface area contributed by atoms with E-state index in [1.165, 1.54) is 11.3 Å². The molecule has 2 N–H and O–H groups in total. The minimum absolute atomic E-state index is 0.0481. The summed E-state index contributed by atoms with van der Waals surface area (Å²) in [6.07, 6.45) is -0.620. The van der Waals surface area contributed by atoms with Gasteiger partial charge in [0.25, 0.3) is 5.91 Å². The van der Waals surface area contributed by atoms with Crippen LogP contribution in [0.3, 0.4) is 0 Å². The zero-order chi connectivity index (χ0) is 11.4. The molecule has 1 aromatic heterocycles. The molecule has 6 heteroatoms. The first-order chi connectivity index (χ1) is 7.00. The molecule has 1 rings (SSSR count). The lowest BCUT2D eigenvalue weighted by Gasteiger charge is -2.06. The molecule has 0 bridgehead atoms. The third-order valence-corrected chi connectivity index (χ3v) is 2.82. The van der Waals surface area contributed by atoms with Crippen LogP contribution in [0, 0.1) is 6.92 Å². The molecule has 0 saturated heterocycles. The van der Waals surface area contributed by atoms with E-state index in [-0.39, 0.29) is 6.61 Å². The van der Waals surface area contributed by atoms with Crippen LogP contribution < -0.4 is 5.48 Å². The molecule has 0 unspecified atom stereocenters. The van der Waals surface area contributed by atoms with E-state index in [9.17, 15) is 4.79 Å². The molecule has 84 valence electrons. The number of rotatable bonds is 4. The second kappa shape index (κ2) is 5.46. The Morgan fingerprint density at radius 3 is 2.93 bits per heavy atom. The van der Waals surface area contributed by atoms with Crippen LogP contribution in [0.4, 0.5) is 0 Å². The number of carbonyl (C=O) groups excluding carboxylic acids is 1. The van der Waals surface area contributed by atoms with Crippen LogP contribution in [-0.4, -0.2) is 23.7 Å². The summed E-state index contributed by atoms with van der Waals surface area (Å²) in [5.74, 6) is -0.398. The summed E-state index contributed by atoms with van der Waals surface area (Å²) in [6.45, 7) is 3.48. The van der Waals surface area contributed by atoms with E-state index in [1.807, 2.05) is 6.92 Å². The van der Waals surface area contributed by atoms with E-state index in [1.54, 1.807) is 13.0 Å². The van der Waals surface area contributed by atoms with Crippen LogP contribution >= 0.6 is 22.9 Å². The maximum Gasteiger partial charge on any atom is 0.277 e. The molecule has 0 aliphatic rings. The van der Waals surface area contributed by atoms with E-state index in [2.05, 4.69) is 5.48 Å². The van der Waals surface area contributed by atoms with Crippen molar-refractivity contribution in [1.82, 2.24) is 5.48 Å². The Morgan fingerprint density at radius 2 is 2.47 bits per heavy atom. The largest absolute Gasteiger partial charge is 0.391 e. The number of carbonyl (C=O) groups is 1. The molecular weight excluding hydrogens is 238 g/mol. The molecule has 1 aromatic rings. The van der Waals surface area contributed by atoms with Crippen LogP contribution in [0.5, 0.6) is 0 Å². The Hall–Kier alpha value is -0.620. The topological polar surface area (TPSA) is 58.6 Å². The Morgan fingerprint density at radius 1 is 1.80 bits per heavy atom. The van der Waals surface area contributed by atoms with Gasteiger partial charge in [0, 0.05) is 4.88 Å². The van der Waals surface area contributed by atoms with Gasteiger partial charge in [-0.15, -0.1) is 11.3 Å². The maximum atomic E-state index is 11.5. The molecule has 0 radical (unpaired) electrons. The van der Waals surface area contributed by atoms with E-state index in [4.69, 9.17) is 21.5 Å². The minimum Gasteiger partial charge on any atom is -0.391 e. The van der Waals surface area contributed by atoms with E-state index in [0.717, 1.165) is 4.88 Å². The first-order valence-electron chi connectivity index (χ1n) is 4.37. The molecule has 0 fully saturated rings. The van der Waals surface area contributed by atoms with Gasteiger partial charge in [0.2, 0.25) is 0 Å². The quantitative estimate of drug-likeness (QED) is 0.800. The standard InChI is InChI=1S/C9H12ClNO3S/c1-5(12)4-14-11-9(13)7-3-6(2)15-8(7)10/h3,5,12H,4H2,1-2H3,(H,11,13)/t5-/m0/s1. The van der Waals surface area contributed by atoms with Gasteiger partial charge in [-0.25, -0.2) is 5.48 Å². The highest BCUT2D eigenvalue weighted by atomic mass is 35.5. The summed E-state index contributed by atoms with van der Waals surface area (Å²) < 4.78 is 0.436. The molecule has 0 aliphatic heterocycles. The highest BCUT2D eigenvalue weighted by Crippen LogP contribution is 2.26. The number of aliphatic hydroxyl groups excluding tert-OH is 1. The summed E-state index contributed by atoms with van der Waals surface area (Å²) in [7, 11) is 0. The fourth-order valence-electron chi connectivity index (χ4n) is 0.923. The number of hydrogen-bond donors (Lipinski definition) is 2. The SMILES string of the molecule is Cc1cc(C(=O)NOC[C@H](C)O)c(Cl)s1. The van der Waals surface area contributed by atoms with E-state index in [0.29, 0.717) is 9.90 Å². The molecule has 0 aromatic carbocycles. The second-order valence-corrected chi connectivity index (χ2v) is 4.99. The third-order valence-electron chi connectivity index (χ3n) is 1.54. The van der Waals surface area contributed by atoms with Crippen molar-refractivity contribution in [2.45, 2.75) is 20.0 Å². The highest BCUT2D eigenvalue weighted by molar-refractivity contribution is 7.16. The average molecular weight is 250 g/mol. The maximum absolute atomic E-state index is 11.5. The van der Waals surface area contributed by atoms with Crippen LogP contribution in [-0.2, 0) is 4.84 Å². The smallest absolute Gasteiger partial charge is 0.277 e. The number of amides is 1. The highest BCUT2D eigenvalue weighted by Gasteiger charge is 2.13. The summed E-state index contributed by atoms with van der Waals surface area (Å²) in [5.41, 5.74) is 2.60. The van der Waals surface area contributed by atoms with Gasteiger partial charge in [-0.3, -0.25) is 9.63 Å². The van der Waals surface area contributed by atoms with E-state index >= 15 is 0 Å². The Balaban J connectivity index is 2.50. The number of aliphatic hydroxyl groups is 1. The lowest BCUT2D eigenvalue weighted by atomic mass is 10.3. The van der Waals surface area contributed by atoms with Gasteiger partial charge < -0.3 is 5.11 Å². The van der Waals surface area contributed by atoms with Crippen LogP contribution in [0.15, 0.2) is 6.07 Å². The summed E-state index contributed by atoms with van der Waals surface area (Å²) in [6, 6.07) is 1.69. The third kappa shape index (κ3) is 3.79. The van der Waals surface area contributed by atoms with Gasteiger partial charge in [-0.05, 0) is 19.9 Å². The van der Waals surface area contributed by atoms with Gasteiger partial charge in [-0.2, -0.15) is 0 Å². The summed E-state index contributed by atoms with van der Waals surface area (Å²) in [4.78, 5) is 17.2. The van der Waals surface area contributed by atoms with Crippen LogP contribution in [0.1, 0.15) is 22.2 Å². The lowest BCUT2D eigenvalue weighted by molar-refractivity contribution is -0.00684. The zero-order valence-corrected chi connectivity index (χ0v) is 9.98. The van der Waals surface area contributed by atoms with Crippen molar-refractivity contribution in [3.8, 4) is 0 Å². The number of hydroxylamine groups is 1. The number of hydrogen-bond acceptors (Lipinski definition) is 4. The number of thiophene rings is 1. The van der Waals surface area contributed by atoms with Crippen molar-refractivity contribution in [2.75, 3.05) is 6.61 Å². The van der Waals surface area contributed by atoms with Gasteiger partial charge >= 0.3 is 0 Å².